The van der Waals surface area contributed by atoms with Gasteiger partial charge in [-0.1, -0.05) is 42.5 Å². The number of likely N-dealkylation sites (N-methyl/N-ethyl adjacent to an activating group) is 1. The molecule has 2 aromatic rings. The number of benzene rings is 2. The number of carbonyl (C=O) groups excluding carboxylic acids is 1. The minimum atomic E-state index is -0.817. The summed E-state index contributed by atoms with van der Waals surface area (Å²) in [5.41, 5.74) is 0.499. The van der Waals surface area contributed by atoms with E-state index in [4.69, 9.17) is 14.9 Å². The van der Waals surface area contributed by atoms with Crippen LogP contribution >= 0.6 is 0 Å². The lowest BCUT2D eigenvalue weighted by Gasteiger charge is -2.19. The molecule has 1 amide bonds. The molecule has 2 N–H and O–H groups in total. The van der Waals surface area contributed by atoms with Gasteiger partial charge in [0.25, 0.3) is 5.91 Å². The first kappa shape index (κ1) is 21.4. The Morgan fingerprint density at radius 2 is 1.86 bits per heavy atom. The second kappa shape index (κ2) is 11.1. The zero-order valence-electron chi connectivity index (χ0n) is 16.1. The molecule has 0 aromatic heterocycles. The molecule has 0 aliphatic carbocycles. The number of carbonyl (C=O) groups is 2. The van der Waals surface area contributed by atoms with Gasteiger partial charge in [-0.05, 0) is 30.7 Å². The maximum absolute atomic E-state index is 12.7. The van der Waals surface area contributed by atoms with Crippen molar-refractivity contribution >= 4 is 22.6 Å². The summed E-state index contributed by atoms with van der Waals surface area (Å²) in [5.74, 6) is -0.317. The van der Waals surface area contributed by atoms with Crippen LogP contribution in [0.15, 0.2) is 54.1 Å². The van der Waals surface area contributed by atoms with Crippen molar-refractivity contribution in [3.05, 3.63) is 54.1 Å². The number of hydrogen-bond acceptors (Lipinski definition) is 4. The maximum atomic E-state index is 12.7. The van der Waals surface area contributed by atoms with Gasteiger partial charge in [0.15, 0.2) is 0 Å². The predicted molar refractivity (Wildman–Crippen MR) is 108 cm³/mol. The van der Waals surface area contributed by atoms with Crippen LogP contribution < -0.4 is 4.74 Å². The number of carboxylic acid groups (broad SMARTS) is 1. The number of ether oxygens (including phenoxy) is 1. The third-order valence-corrected chi connectivity index (χ3v) is 4.43. The normalized spacial score (nSPS) is 11.4. The van der Waals surface area contributed by atoms with E-state index >= 15 is 0 Å². The van der Waals surface area contributed by atoms with Crippen molar-refractivity contribution < 1.29 is 24.5 Å². The van der Waals surface area contributed by atoms with Crippen molar-refractivity contribution in [2.75, 3.05) is 26.8 Å². The first-order valence-electron chi connectivity index (χ1n) is 9.40. The molecule has 0 saturated heterocycles. The van der Waals surface area contributed by atoms with E-state index in [9.17, 15) is 9.59 Å². The third-order valence-electron chi connectivity index (χ3n) is 4.43. The van der Waals surface area contributed by atoms with Crippen LogP contribution in [-0.2, 0) is 9.59 Å². The maximum Gasteiger partial charge on any atom is 0.303 e. The van der Waals surface area contributed by atoms with E-state index in [1.165, 1.54) is 4.90 Å². The molecule has 150 valence electrons. The molecule has 28 heavy (non-hydrogen) atoms. The fourth-order valence-electron chi connectivity index (χ4n) is 2.88. The Kier molecular flexibility index (Phi) is 8.49. The van der Waals surface area contributed by atoms with E-state index in [-0.39, 0.29) is 32.1 Å². The molecule has 2 rings (SSSR count). The molecule has 0 unspecified atom stereocenters. The van der Waals surface area contributed by atoms with Gasteiger partial charge in [-0.15, -0.1) is 0 Å². The average molecular weight is 385 g/mol. The average Bonchev–Trinajstić information content (AvgIpc) is 2.69. The number of hydrogen-bond donors (Lipinski definition) is 2. The van der Waals surface area contributed by atoms with Gasteiger partial charge in [0.05, 0.1) is 12.2 Å². The molecule has 2 aromatic carbocycles. The van der Waals surface area contributed by atoms with Crippen LogP contribution in [0.3, 0.4) is 0 Å². The standard InChI is InChI=1S/C22H27NO5/c1-23(14-15-24)22(27)18(9-3-2-4-13-21(25)26)16-28-20-12-7-10-17-8-5-6-11-19(17)20/h5-12,24H,2-4,13-16H2,1H3,(H,25,26)/b18-9+. The van der Waals surface area contributed by atoms with E-state index in [2.05, 4.69) is 0 Å². The topological polar surface area (TPSA) is 87.1 Å². The van der Waals surface area contributed by atoms with Crippen LogP contribution in [0.5, 0.6) is 5.75 Å². The quantitative estimate of drug-likeness (QED) is 0.458. The monoisotopic (exact) mass is 385 g/mol. The Labute approximate surface area is 165 Å². The summed E-state index contributed by atoms with van der Waals surface area (Å²) in [6.07, 6.45) is 3.77. The second-order valence-corrected chi connectivity index (χ2v) is 6.59. The zero-order chi connectivity index (χ0) is 20.4. The van der Waals surface area contributed by atoms with Crippen molar-refractivity contribution in [3.8, 4) is 5.75 Å². The van der Waals surface area contributed by atoms with Crippen LogP contribution in [0.1, 0.15) is 25.7 Å². The number of aliphatic carboxylic acids is 1. The van der Waals surface area contributed by atoms with E-state index in [0.717, 1.165) is 10.8 Å². The van der Waals surface area contributed by atoms with Crippen molar-refractivity contribution in [3.63, 3.8) is 0 Å². The van der Waals surface area contributed by atoms with Gasteiger partial charge < -0.3 is 19.8 Å². The lowest BCUT2D eigenvalue weighted by Crippen LogP contribution is -2.32. The molecule has 0 aliphatic heterocycles. The highest BCUT2D eigenvalue weighted by Crippen LogP contribution is 2.25. The van der Waals surface area contributed by atoms with Crippen LogP contribution in [-0.4, -0.2) is 53.8 Å². The lowest BCUT2D eigenvalue weighted by molar-refractivity contribution is -0.137. The van der Waals surface area contributed by atoms with Gasteiger partial charge in [0.1, 0.15) is 12.4 Å². The molecule has 0 fully saturated rings. The number of aliphatic hydroxyl groups excluding tert-OH is 1. The van der Waals surface area contributed by atoms with Gasteiger partial charge in [0.2, 0.25) is 0 Å². The molecule has 0 spiro atoms. The fourth-order valence-corrected chi connectivity index (χ4v) is 2.88. The summed E-state index contributed by atoms with van der Waals surface area (Å²) in [6, 6.07) is 13.7. The van der Waals surface area contributed by atoms with Gasteiger partial charge in [-0.2, -0.15) is 0 Å². The zero-order valence-corrected chi connectivity index (χ0v) is 16.1. The number of carboxylic acids is 1. The number of fused-ring (bicyclic) bond motifs is 1. The Morgan fingerprint density at radius 3 is 2.61 bits per heavy atom. The molecule has 0 saturated carbocycles. The van der Waals surface area contributed by atoms with E-state index in [1.807, 2.05) is 48.5 Å². The largest absolute Gasteiger partial charge is 0.488 e. The first-order chi connectivity index (χ1) is 13.5. The van der Waals surface area contributed by atoms with Gasteiger partial charge in [0, 0.05) is 25.4 Å². The Balaban J connectivity index is 2.09. The smallest absolute Gasteiger partial charge is 0.303 e. The SMILES string of the molecule is CN(CCO)C(=O)/C(=C/CCCCC(=O)O)COc1cccc2ccccc12. The number of unbranched alkanes of at least 4 members (excludes halogenated alkanes) is 2. The molecule has 0 radical (unpaired) electrons. The van der Waals surface area contributed by atoms with Crippen molar-refractivity contribution in [2.45, 2.75) is 25.7 Å². The Hall–Kier alpha value is -2.86. The molecule has 0 atom stereocenters. The number of nitrogens with zero attached hydrogens (tertiary/aromatic N) is 1. The van der Waals surface area contributed by atoms with Crippen molar-refractivity contribution in [1.29, 1.82) is 0 Å². The summed E-state index contributed by atoms with van der Waals surface area (Å²) < 4.78 is 5.95. The predicted octanol–water partition coefficient (Wildman–Crippen LogP) is 3.24. The van der Waals surface area contributed by atoms with Crippen molar-refractivity contribution in [2.24, 2.45) is 0 Å². The van der Waals surface area contributed by atoms with Crippen LogP contribution in [0.4, 0.5) is 0 Å². The number of amides is 1. The molecular formula is C22H27NO5. The minimum Gasteiger partial charge on any atom is -0.488 e. The summed E-state index contributed by atoms with van der Waals surface area (Å²) in [6.45, 7) is 0.239. The van der Waals surface area contributed by atoms with E-state index < -0.39 is 5.97 Å². The lowest BCUT2D eigenvalue weighted by atomic mass is 10.1. The summed E-state index contributed by atoms with van der Waals surface area (Å²) >= 11 is 0. The molecule has 0 bridgehead atoms. The molecule has 0 heterocycles. The highest BCUT2D eigenvalue weighted by molar-refractivity contribution is 5.94. The van der Waals surface area contributed by atoms with Crippen LogP contribution in [0, 0.1) is 0 Å². The summed E-state index contributed by atoms with van der Waals surface area (Å²) in [5, 5.41) is 19.8. The Bertz CT molecular complexity index is 825. The van der Waals surface area contributed by atoms with E-state index in [1.54, 1.807) is 7.05 Å². The summed E-state index contributed by atoms with van der Waals surface area (Å²) in [7, 11) is 1.63. The second-order valence-electron chi connectivity index (χ2n) is 6.59. The summed E-state index contributed by atoms with van der Waals surface area (Å²) in [4.78, 5) is 24.7. The molecule has 0 aliphatic rings. The number of rotatable bonds is 11. The van der Waals surface area contributed by atoms with Crippen molar-refractivity contribution in [1.82, 2.24) is 4.90 Å². The van der Waals surface area contributed by atoms with E-state index in [0.29, 0.717) is 30.6 Å². The number of aliphatic hydroxyl groups is 1. The fraction of sp³-hybridized carbons (Fsp3) is 0.364. The van der Waals surface area contributed by atoms with Gasteiger partial charge in [-0.3, -0.25) is 9.59 Å². The molecular weight excluding hydrogens is 358 g/mol. The highest BCUT2D eigenvalue weighted by Gasteiger charge is 2.15. The number of allylic oxidation sites excluding steroid dienone is 1. The first-order valence-corrected chi connectivity index (χ1v) is 9.40. The molecule has 6 nitrogen and oxygen atoms in total. The minimum absolute atomic E-state index is 0.113. The van der Waals surface area contributed by atoms with Crippen LogP contribution in [0.25, 0.3) is 10.8 Å². The highest BCUT2D eigenvalue weighted by atomic mass is 16.5. The third kappa shape index (κ3) is 6.39. The molecule has 6 heteroatoms. The van der Waals surface area contributed by atoms with Crippen LogP contribution in [0.2, 0.25) is 0 Å². The van der Waals surface area contributed by atoms with Gasteiger partial charge >= 0.3 is 5.97 Å². The Morgan fingerprint density at radius 1 is 1.11 bits per heavy atom. The van der Waals surface area contributed by atoms with Gasteiger partial charge in [-0.25, -0.2) is 0 Å².